The molecule has 0 aliphatic carbocycles. The van der Waals surface area contributed by atoms with Gasteiger partial charge in [-0.05, 0) is 36.5 Å². The quantitative estimate of drug-likeness (QED) is 0.739. The molecule has 0 bridgehead atoms. The standard InChI is InChI=1S/C15H24N2O2/c1-4-11(3)12-6-8-14(9-7-12)17-15(19)16-13(5-2)10-18/h6-9,11,13,18H,4-5,10H2,1-3H3,(H2,16,17,19)/t11-,13+/m0/s1. The van der Waals surface area contributed by atoms with E-state index >= 15 is 0 Å². The second kappa shape index (κ2) is 7.79. The maximum atomic E-state index is 11.7. The Morgan fingerprint density at radius 1 is 1.21 bits per heavy atom. The predicted octanol–water partition coefficient (Wildman–Crippen LogP) is 3.09. The zero-order valence-corrected chi connectivity index (χ0v) is 11.9. The van der Waals surface area contributed by atoms with Gasteiger partial charge < -0.3 is 15.7 Å². The van der Waals surface area contributed by atoms with Crippen molar-refractivity contribution in [1.82, 2.24) is 5.32 Å². The van der Waals surface area contributed by atoms with Gasteiger partial charge in [-0.15, -0.1) is 0 Å². The van der Waals surface area contributed by atoms with Gasteiger partial charge in [-0.25, -0.2) is 4.79 Å². The Bertz CT molecular complexity index is 386. The minimum absolute atomic E-state index is 0.0448. The average Bonchev–Trinajstić information content (AvgIpc) is 2.44. The van der Waals surface area contributed by atoms with Gasteiger partial charge in [0.2, 0.25) is 0 Å². The molecule has 2 atom stereocenters. The van der Waals surface area contributed by atoms with Crippen molar-refractivity contribution in [2.75, 3.05) is 11.9 Å². The van der Waals surface area contributed by atoms with Crippen LogP contribution in [0.3, 0.4) is 0 Å². The third-order valence-corrected chi connectivity index (χ3v) is 3.40. The van der Waals surface area contributed by atoms with Crippen LogP contribution in [-0.2, 0) is 0 Å². The van der Waals surface area contributed by atoms with Crippen LogP contribution in [-0.4, -0.2) is 23.8 Å². The molecule has 3 N–H and O–H groups in total. The number of amides is 2. The highest BCUT2D eigenvalue weighted by Gasteiger charge is 2.09. The number of aliphatic hydroxyl groups is 1. The number of carbonyl (C=O) groups excluding carboxylic acids is 1. The summed E-state index contributed by atoms with van der Waals surface area (Å²) in [5, 5.41) is 14.5. The van der Waals surface area contributed by atoms with E-state index in [-0.39, 0.29) is 18.7 Å². The van der Waals surface area contributed by atoms with E-state index in [1.165, 1.54) is 5.56 Å². The van der Waals surface area contributed by atoms with Crippen LogP contribution in [0.1, 0.15) is 45.1 Å². The van der Waals surface area contributed by atoms with Crippen molar-refractivity contribution in [3.05, 3.63) is 29.8 Å². The van der Waals surface area contributed by atoms with Crippen LogP contribution in [0.25, 0.3) is 0 Å². The topological polar surface area (TPSA) is 61.4 Å². The first-order valence-electron chi connectivity index (χ1n) is 6.89. The molecule has 0 aliphatic rings. The molecule has 0 unspecified atom stereocenters. The van der Waals surface area contributed by atoms with Gasteiger partial charge in [0.15, 0.2) is 0 Å². The van der Waals surface area contributed by atoms with Gasteiger partial charge >= 0.3 is 6.03 Å². The number of carbonyl (C=O) groups is 1. The summed E-state index contributed by atoms with van der Waals surface area (Å²) in [5.41, 5.74) is 2.03. The minimum atomic E-state index is -0.280. The number of aliphatic hydroxyl groups excluding tert-OH is 1. The summed E-state index contributed by atoms with van der Waals surface area (Å²) in [6.07, 6.45) is 1.80. The van der Waals surface area contributed by atoms with E-state index in [0.29, 0.717) is 12.3 Å². The molecular weight excluding hydrogens is 240 g/mol. The fourth-order valence-electron chi connectivity index (χ4n) is 1.76. The van der Waals surface area contributed by atoms with E-state index in [1.807, 2.05) is 31.2 Å². The summed E-state index contributed by atoms with van der Waals surface area (Å²) in [6.45, 7) is 6.21. The average molecular weight is 264 g/mol. The smallest absolute Gasteiger partial charge is 0.319 e. The van der Waals surface area contributed by atoms with Gasteiger partial charge in [0, 0.05) is 5.69 Å². The summed E-state index contributed by atoms with van der Waals surface area (Å²) in [6, 6.07) is 7.40. The summed E-state index contributed by atoms with van der Waals surface area (Å²) in [4.78, 5) is 11.7. The first-order valence-corrected chi connectivity index (χ1v) is 6.89. The Labute approximate surface area is 115 Å². The number of hydrogen-bond acceptors (Lipinski definition) is 2. The van der Waals surface area contributed by atoms with Crippen LogP contribution in [0.2, 0.25) is 0 Å². The lowest BCUT2D eigenvalue weighted by Crippen LogP contribution is -2.39. The molecule has 4 nitrogen and oxygen atoms in total. The van der Waals surface area contributed by atoms with Crippen molar-refractivity contribution in [3.8, 4) is 0 Å². The van der Waals surface area contributed by atoms with Crippen LogP contribution in [0.15, 0.2) is 24.3 Å². The molecule has 0 aromatic heterocycles. The number of anilines is 1. The molecule has 0 aliphatic heterocycles. The Morgan fingerprint density at radius 3 is 2.32 bits per heavy atom. The molecule has 0 heterocycles. The van der Waals surface area contributed by atoms with Gasteiger partial charge in [0.1, 0.15) is 0 Å². The predicted molar refractivity (Wildman–Crippen MR) is 78.5 cm³/mol. The van der Waals surface area contributed by atoms with E-state index in [9.17, 15) is 4.79 Å². The van der Waals surface area contributed by atoms with Crippen molar-refractivity contribution < 1.29 is 9.90 Å². The fourth-order valence-corrected chi connectivity index (χ4v) is 1.76. The number of nitrogens with one attached hydrogen (secondary N) is 2. The van der Waals surface area contributed by atoms with Crippen LogP contribution in [0, 0.1) is 0 Å². The molecule has 1 aromatic rings. The Morgan fingerprint density at radius 2 is 1.84 bits per heavy atom. The third kappa shape index (κ3) is 4.91. The molecule has 19 heavy (non-hydrogen) atoms. The second-order valence-corrected chi connectivity index (χ2v) is 4.82. The van der Waals surface area contributed by atoms with Gasteiger partial charge in [-0.2, -0.15) is 0 Å². The lowest BCUT2D eigenvalue weighted by atomic mass is 9.99. The van der Waals surface area contributed by atoms with Crippen LogP contribution < -0.4 is 10.6 Å². The summed E-state index contributed by atoms with van der Waals surface area (Å²) >= 11 is 0. The van der Waals surface area contributed by atoms with E-state index in [1.54, 1.807) is 0 Å². The maximum absolute atomic E-state index is 11.7. The number of rotatable bonds is 6. The number of benzene rings is 1. The molecule has 0 spiro atoms. The third-order valence-electron chi connectivity index (χ3n) is 3.40. The largest absolute Gasteiger partial charge is 0.394 e. The zero-order chi connectivity index (χ0) is 14.3. The Balaban J connectivity index is 2.55. The highest BCUT2D eigenvalue weighted by Crippen LogP contribution is 2.20. The van der Waals surface area contributed by atoms with Crippen LogP contribution >= 0.6 is 0 Å². The first kappa shape index (κ1) is 15.5. The number of urea groups is 1. The van der Waals surface area contributed by atoms with Crippen molar-refractivity contribution in [2.45, 2.75) is 45.6 Å². The summed E-state index contributed by atoms with van der Waals surface area (Å²) in [7, 11) is 0. The SMILES string of the molecule is CC[C@H](CO)NC(=O)Nc1ccc([C@@H](C)CC)cc1. The van der Waals surface area contributed by atoms with E-state index in [2.05, 4.69) is 24.5 Å². The van der Waals surface area contributed by atoms with Gasteiger partial charge in [0.05, 0.1) is 12.6 Å². The highest BCUT2D eigenvalue weighted by atomic mass is 16.3. The van der Waals surface area contributed by atoms with E-state index < -0.39 is 0 Å². The van der Waals surface area contributed by atoms with E-state index in [0.717, 1.165) is 12.1 Å². The molecule has 1 rings (SSSR count). The van der Waals surface area contributed by atoms with Gasteiger partial charge in [-0.1, -0.05) is 32.9 Å². The van der Waals surface area contributed by atoms with Crippen molar-refractivity contribution in [3.63, 3.8) is 0 Å². The maximum Gasteiger partial charge on any atom is 0.319 e. The van der Waals surface area contributed by atoms with Gasteiger partial charge in [0.25, 0.3) is 0 Å². The first-order chi connectivity index (χ1) is 9.10. The van der Waals surface area contributed by atoms with Crippen molar-refractivity contribution >= 4 is 11.7 Å². The Hall–Kier alpha value is -1.55. The fraction of sp³-hybridized carbons (Fsp3) is 0.533. The van der Waals surface area contributed by atoms with Crippen LogP contribution in [0.4, 0.5) is 10.5 Å². The minimum Gasteiger partial charge on any atom is -0.394 e. The van der Waals surface area contributed by atoms with E-state index in [4.69, 9.17) is 5.11 Å². The van der Waals surface area contributed by atoms with Crippen molar-refractivity contribution in [2.24, 2.45) is 0 Å². The summed E-state index contributed by atoms with van der Waals surface area (Å²) < 4.78 is 0. The zero-order valence-electron chi connectivity index (χ0n) is 11.9. The lowest BCUT2D eigenvalue weighted by molar-refractivity contribution is 0.222. The Kier molecular flexibility index (Phi) is 6.36. The normalized spacial score (nSPS) is 13.7. The van der Waals surface area contributed by atoms with Crippen LogP contribution in [0.5, 0.6) is 0 Å². The molecule has 106 valence electrons. The van der Waals surface area contributed by atoms with Gasteiger partial charge in [-0.3, -0.25) is 0 Å². The molecule has 0 fully saturated rings. The highest BCUT2D eigenvalue weighted by molar-refractivity contribution is 5.89. The molecule has 2 amide bonds. The monoisotopic (exact) mass is 264 g/mol. The molecular formula is C15H24N2O2. The number of hydrogen-bond donors (Lipinski definition) is 3. The molecule has 4 heteroatoms. The summed E-state index contributed by atoms with van der Waals surface area (Å²) in [5.74, 6) is 0.529. The molecule has 0 saturated heterocycles. The second-order valence-electron chi connectivity index (χ2n) is 4.82. The lowest BCUT2D eigenvalue weighted by Gasteiger charge is -2.15. The van der Waals surface area contributed by atoms with Crippen molar-refractivity contribution in [1.29, 1.82) is 0 Å². The molecule has 0 radical (unpaired) electrons. The molecule has 1 aromatic carbocycles. The molecule has 0 saturated carbocycles.